The van der Waals surface area contributed by atoms with Gasteiger partial charge < -0.3 is 9.63 Å². The summed E-state index contributed by atoms with van der Waals surface area (Å²) in [6.45, 7) is 1.13. The second-order valence-corrected chi connectivity index (χ2v) is 6.43. The zero-order valence-corrected chi connectivity index (χ0v) is 14.1. The summed E-state index contributed by atoms with van der Waals surface area (Å²) in [5.41, 5.74) is 0. The number of aromatic nitrogens is 2. The lowest BCUT2D eigenvalue weighted by Crippen LogP contribution is -2.35. The number of thiophene rings is 1. The molecule has 1 aliphatic heterocycles. The number of likely N-dealkylation sites (tertiary alicyclic amines) is 1. The van der Waals surface area contributed by atoms with E-state index in [0.717, 1.165) is 22.3 Å². The maximum Gasteiger partial charge on any atom is 0.320 e. The van der Waals surface area contributed by atoms with Crippen LogP contribution < -0.4 is 0 Å². The van der Waals surface area contributed by atoms with Crippen LogP contribution in [-0.2, 0) is 11.3 Å². The lowest BCUT2D eigenvalue weighted by atomic mass is 10.2. The molecule has 0 radical (unpaired) electrons. The van der Waals surface area contributed by atoms with E-state index in [0.29, 0.717) is 24.7 Å². The Morgan fingerprint density at radius 2 is 2.43 bits per heavy atom. The highest BCUT2D eigenvalue weighted by Crippen LogP contribution is 2.28. The molecule has 0 bridgehead atoms. The molecule has 2 aromatic rings. The molecule has 2 aromatic heterocycles. The van der Waals surface area contributed by atoms with Crippen LogP contribution in [0.4, 0.5) is 0 Å². The van der Waals surface area contributed by atoms with E-state index in [9.17, 15) is 4.79 Å². The average Bonchev–Trinajstić information content (AvgIpc) is 3.09. The van der Waals surface area contributed by atoms with Crippen LogP contribution in [0.3, 0.4) is 0 Å². The third-order valence-corrected chi connectivity index (χ3v) is 4.93. The molecule has 1 atom stereocenters. The molecule has 1 unspecified atom stereocenters. The van der Waals surface area contributed by atoms with Crippen molar-refractivity contribution in [3.63, 3.8) is 0 Å². The summed E-state index contributed by atoms with van der Waals surface area (Å²) in [6, 6.07) is 1.48. The minimum absolute atomic E-state index is 0. The molecule has 0 aliphatic carbocycles. The molecule has 0 saturated carbocycles. The standard InChI is InChI=1S/C12H12BrN3O3S.ClH/c13-7-4-9(20-6-7)11-14-10(19-15-11)5-16-3-1-2-8(16)12(17)18;/h4,6,8H,1-3,5H2,(H,17,18);1H. The van der Waals surface area contributed by atoms with Crippen LogP contribution in [0.1, 0.15) is 18.7 Å². The van der Waals surface area contributed by atoms with Crippen LogP contribution in [0, 0.1) is 0 Å². The van der Waals surface area contributed by atoms with Crippen molar-refractivity contribution in [2.24, 2.45) is 0 Å². The first-order chi connectivity index (χ1) is 9.63. The lowest BCUT2D eigenvalue weighted by Gasteiger charge is -2.18. The highest BCUT2D eigenvalue weighted by atomic mass is 79.9. The van der Waals surface area contributed by atoms with E-state index in [2.05, 4.69) is 26.1 Å². The highest BCUT2D eigenvalue weighted by molar-refractivity contribution is 9.10. The SMILES string of the molecule is Cl.O=C(O)C1CCCN1Cc1nc(-c2cc(Br)cs2)no1. The first-order valence-corrected chi connectivity index (χ1v) is 7.84. The number of carboxylic acids is 1. The summed E-state index contributed by atoms with van der Waals surface area (Å²) in [5, 5.41) is 15.0. The van der Waals surface area contributed by atoms with Gasteiger partial charge in [0.25, 0.3) is 0 Å². The smallest absolute Gasteiger partial charge is 0.320 e. The van der Waals surface area contributed by atoms with E-state index in [-0.39, 0.29) is 12.4 Å². The van der Waals surface area contributed by atoms with E-state index >= 15 is 0 Å². The summed E-state index contributed by atoms with van der Waals surface area (Å²) >= 11 is 4.91. The Bertz CT molecular complexity index is 633. The number of halogens is 2. The van der Waals surface area contributed by atoms with E-state index in [1.54, 1.807) is 0 Å². The lowest BCUT2D eigenvalue weighted by molar-refractivity contribution is -0.142. The first-order valence-electron chi connectivity index (χ1n) is 6.17. The molecule has 0 spiro atoms. The van der Waals surface area contributed by atoms with E-state index in [4.69, 9.17) is 9.63 Å². The number of hydrogen-bond acceptors (Lipinski definition) is 6. The minimum Gasteiger partial charge on any atom is -0.480 e. The molecule has 1 saturated heterocycles. The number of nitrogens with zero attached hydrogens (tertiary/aromatic N) is 3. The average molecular weight is 395 g/mol. The summed E-state index contributed by atoms with van der Waals surface area (Å²) in [5.74, 6) is 0.212. The van der Waals surface area contributed by atoms with Crippen LogP contribution in [0.2, 0.25) is 0 Å². The monoisotopic (exact) mass is 393 g/mol. The molecule has 3 rings (SSSR count). The van der Waals surface area contributed by atoms with Gasteiger partial charge in [-0.25, -0.2) is 0 Å². The molecule has 0 aromatic carbocycles. The Labute approximate surface area is 139 Å². The fraction of sp³-hybridized carbons (Fsp3) is 0.417. The van der Waals surface area contributed by atoms with Gasteiger partial charge in [-0.3, -0.25) is 9.69 Å². The van der Waals surface area contributed by atoms with Crippen LogP contribution in [0.25, 0.3) is 10.7 Å². The zero-order chi connectivity index (χ0) is 14.1. The van der Waals surface area contributed by atoms with Crippen molar-refractivity contribution < 1.29 is 14.4 Å². The van der Waals surface area contributed by atoms with Gasteiger partial charge in [-0.1, -0.05) is 5.16 Å². The van der Waals surface area contributed by atoms with E-state index < -0.39 is 12.0 Å². The third-order valence-electron chi connectivity index (χ3n) is 3.24. The Morgan fingerprint density at radius 1 is 1.62 bits per heavy atom. The van der Waals surface area contributed by atoms with E-state index in [1.165, 1.54) is 11.3 Å². The van der Waals surface area contributed by atoms with Gasteiger partial charge in [-0.15, -0.1) is 23.7 Å². The molecular formula is C12H13BrClN3O3S. The van der Waals surface area contributed by atoms with Crippen molar-refractivity contribution >= 4 is 45.6 Å². The molecule has 1 fully saturated rings. The maximum absolute atomic E-state index is 11.1. The van der Waals surface area contributed by atoms with Crippen molar-refractivity contribution in [1.82, 2.24) is 15.0 Å². The zero-order valence-electron chi connectivity index (χ0n) is 10.9. The molecule has 9 heteroatoms. The van der Waals surface area contributed by atoms with E-state index in [1.807, 2.05) is 16.3 Å². The summed E-state index contributed by atoms with van der Waals surface area (Å²) in [7, 11) is 0. The predicted molar refractivity (Wildman–Crippen MR) is 83.6 cm³/mol. The minimum atomic E-state index is -0.788. The highest BCUT2D eigenvalue weighted by Gasteiger charge is 2.31. The van der Waals surface area contributed by atoms with Crippen molar-refractivity contribution in [3.8, 4) is 10.7 Å². The molecule has 0 amide bonds. The van der Waals surface area contributed by atoms with Gasteiger partial charge in [-0.05, 0) is 41.4 Å². The van der Waals surface area contributed by atoms with Gasteiger partial charge in [0.1, 0.15) is 6.04 Å². The van der Waals surface area contributed by atoms with Crippen LogP contribution in [0.15, 0.2) is 20.4 Å². The normalized spacial score (nSPS) is 18.6. The van der Waals surface area contributed by atoms with Crippen molar-refractivity contribution in [2.75, 3.05) is 6.54 Å². The summed E-state index contributed by atoms with van der Waals surface area (Å²) < 4.78 is 6.19. The Kier molecular flexibility index (Phi) is 5.37. The van der Waals surface area contributed by atoms with Gasteiger partial charge in [0.2, 0.25) is 11.7 Å². The molecule has 3 heterocycles. The molecule has 21 heavy (non-hydrogen) atoms. The molecule has 114 valence electrons. The van der Waals surface area contributed by atoms with Gasteiger partial charge in [0, 0.05) is 9.85 Å². The number of hydrogen-bond donors (Lipinski definition) is 1. The van der Waals surface area contributed by atoms with Gasteiger partial charge in [0.15, 0.2) is 0 Å². The fourth-order valence-electron chi connectivity index (χ4n) is 2.32. The van der Waals surface area contributed by atoms with Gasteiger partial charge in [0.05, 0.1) is 11.4 Å². The summed E-state index contributed by atoms with van der Waals surface area (Å²) in [6.07, 6.45) is 1.56. The number of rotatable bonds is 4. The van der Waals surface area contributed by atoms with Gasteiger partial charge in [-0.2, -0.15) is 4.98 Å². The van der Waals surface area contributed by atoms with Gasteiger partial charge >= 0.3 is 5.97 Å². The van der Waals surface area contributed by atoms with Crippen molar-refractivity contribution in [3.05, 3.63) is 21.8 Å². The summed E-state index contributed by atoms with van der Waals surface area (Å²) in [4.78, 5) is 18.2. The third kappa shape index (κ3) is 3.63. The molecular weight excluding hydrogens is 382 g/mol. The molecule has 1 N–H and O–H groups in total. The topological polar surface area (TPSA) is 79.5 Å². The maximum atomic E-state index is 11.1. The van der Waals surface area contributed by atoms with Crippen LogP contribution in [0.5, 0.6) is 0 Å². The Morgan fingerprint density at radius 3 is 3.10 bits per heavy atom. The second-order valence-electron chi connectivity index (χ2n) is 4.61. The number of carbonyl (C=O) groups is 1. The van der Waals surface area contributed by atoms with Crippen molar-refractivity contribution in [2.45, 2.75) is 25.4 Å². The number of carboxylic acid groups (broad SMARTS) is 1. The second kappa shape index (κ2) is 6.87. The quantitative estimate of drug-likeness (QED) is 0.858. The Balaban J connectivity index is 0.00000161. The fourth-order valence-corrected chi connectivity index (χ4v) is 3.67. The molecule has 6 nitrogen and oxygen atoms in total. The van der Waals surface area contributed by atoms with Crippen LogP contribution in [-0.4, -0.2) is 38.7 Å². The predicted octanol–water partition coefficient (Wildman–Crippen LogP) is 3.03. The molecule has 1 aliphatic rings. The van der Waals surface area contributed by atoms with Crippen molar-refractivity contribution in [1.29, 1.82) is 0 Å². The largest absolute Gasteiger partial charge is 0.480 e. The number of aliphatic carboxylic acids is 1. The van der Waals surface area contributed by atoms with Crippen LogP contribution >= 0.6 is 39.7 Å². The Hall–Kier alpha value is -0.960. The first kappa shape index (κ1) is 16.4.